The summed E-state index contributed by atoms with van der Waals surface area (Å²) in [5, 5.41) is 0.597. The molecule has 2 heterocycles. The monoisotopic (exact) mass is 428 g/mol. The lowest BCUT2D eigenvalue weighted by Gasteiger charge is -2.57. The van der Waals surface area contributed by atoms with Gasteiger partial charge in [0.25, 0.3) is 0 Å². The molecule has 0 atom stereocenters. The van der Waals surface area contributed by atoms with Crippen LogP contribution in [0, 0.1) is 23.2 Å². The van der Waals surface area contributed by atoms with Crippen molar-refractivity contribution in [2.24, 2.45) is 23.2 Å². The Kier molecular flexibility index (Phi) is 4.35. The first-order chi connectivity index (χ1) is 14.5. The van der Waals surface area contributed by atoms with Crippen LogP contribution in [-0.2, 0) is 4.79 Å². The summed E-state index contributed by atoms with van der Waals surface area (Å²) < 4.78 is 7.15. The Morgan fingerprint density at radius 2 is 1.70 bits per heavy atom. The van der Waals surface area contributed by atoms with Crippen LogP contribution in [0.2, 0.25) is 5.02 Å². The fourth-order valence-corrected chi connectivity index (χ4v) is 7.83. The smallest absolute Gasteiger partial charge is 0.408 e. The molecule has 4 saturated carbocycles. The minimum atomic E-state index is -0.328. The van der Waals surface area contributed by atoms with Crippen molar-refractivity contribution >= 4 is 28.6 Å². The van der Waals surface area contributed by atoms with Gasteiger partial charge in [-0.25, -0.2) is 4.79 Å². The third-order valence-corrected chi connectivity index (χ3v) is 8.68. The molecule has 0 radical (unpaired) electrons. The highest BCUT2D eigenvalue weighted by Crippen LogP contribution is 2.61. The number of benzene rings is 1. The van der Waals surface area contributed by atoms with Gasteiger partial charge in [0.05, 0.1) is 5.52 Å². The molecule has 2 aromatic rings. The average Bonchev–Trinajstić information content (AvgIpc) is 3.01. The SMILES string of the molecule is O=C(CC12CC3CC(CC(C3)C1)C2)N1CCC(n2c(=O)oc3ccc(Cl)cc32)CC1. The minimum Gasteiger partial charge on any atom is -0.408 e. The average molecular weight is 429 g/mol. The number of aromatic nitrogens is 1. The molecule has 7 rings (SSSR count). The molecule has 1 aliphatic heterocycles. The predicted octanol–water partition coefficient (Wildman–Crippen LogP) is 5.02. The van der Waals surface area contributed by atoms with E-state index in [1.807, 2.05) is 0 Å². The van der Waals surface area contributed by atoms with Crippen LogP contribution >= 0.6 is 11.6 Å². The first-order valence-electron chi connectivity index (χ1n) is 11.6. The summed E-state index contributed by atoms with van der Waals surface area (Å²) in [6.45, 7) is 1.44. The lowest BCUT2D eigenvalue weighted by Crippen LogP contribution is -2.49. The maximum Gasteiger partial charge on any atom is 0.420 e. The summed E-state index contributed by atoms with van der Waals surface area (Å²) in [5.74, 6) is 2.64. The molecule has 0 spiro atoms. The van der Waals surface area contributed by atoms with Crippen LogP contribution in [0.25, 0.3) is 11.1 Å². The number of fused-ring (bicyclic) bond motifs is 1. The van der Waals surface area contributed by atoms with E-state index in [4.69, 9.17) is 16.0 Å². The van der Waals surface area contributed by atoms with Crippen molar-refractivity contribution in [3.05, 3.63) is 33.8 Å². The number of oxazole rings is 1. The molecule has 4 bridgehead atoms. The Morgan fingerprint density at radius 1 is 1.07 bits per heavy atom. The van der Waals surface area contributed by atoms with Gasteiger partial charge >= 0.3 is 5.76 Å². The van der Waals surface area contributed by atoms with Crippen molar-refractivity contribution in [3.63, 3.8) is 0 Å². The molecule has 5 aliphatic rings. The molecule has 5 fully saturated rings. The summed E-state index contributed by atoms with van der Waals surface area (Å²) in [6, 6.07) is 5.34. The van der Waals surface area contributed by atoms with E-state index in [-0.39, 0.29) is 17.2 Å². The van der Waals surface area contributed by atoms with Crippen molar-refractivity contribution in [3.8, 4) is 0 Å². The number of hydrogen-bond donors (Lipinski definition) is 0. The lowest BCUT2D eigenvalue weighted by atomic mass is 9.49. The molecular formula is C24H29ClN2O3. The molecule has 4 aliphatic carbocycles. The number of rotatable bonds is 3. The van der Waals surface area contributed by atoms with Gasteiger partial charge in [0, 0.05) is 30.6 Å². The van der Waals surface area contributed by atoms with E-state index >= 15 is 0 Å². The molecule has 0 N–H and O–H groups in total. The van der Waals surface area contributed by atoms with Crippen LogP contribution in [0.5, 0.6) is 0 Å². The number of carbonyl (C=O) groups excluding carboxylic acids is 1. The quantitative estimate of drug-likeness (QED) is 0.689. The zero-order chi connectivity index (χ0) is 20.5. The van der Waals surface area contributed by atoms with Gasteiger partial charge in [0.15, 0.2) is 5.58 Å². The highest BCUT2D eigenvalue weighted by Gasteiger charge is 2.51. The van der Waals surface area contributed by atoms with Gasteiger partial charge in [-0.1, -0.05) is 11.6 Å². The third-order valence-electron chi connectivity index (χ3n) is 8.45. The Labute approximate surface area is 181 Å². The number of amides is 1. The molecule has 1 aromatic heterocycles. The standard InChI is InChI=1S/C24H29ClN2O3/c25-18-1-2-21-20(10-18)27(23(29)30-21)19-3-5-26(6-4-19)22(28)14-24-11-15-7-16(12-24)9-17(8-15)13-24/h1-2,10,15-17,19H,3-9,11-14H2. The summed E-state index contributed by atoms with van der Waals surface area (Å²) in [5.41, 5.74) is 1.62. The minimum absolute atomic E-state index is 0.0563. The summed E-state index contributed by atoms with van der Waals surface area (Å²) in [4.78, 5) is 27.7. The van der Waals surface area contributed by atoms with E-state index in [2.05, 4.69) is 4.90 Å². The third kappa shape index (κ3) is 3.12. The zero-order valence-corrected chi connectivity index (χ0v) is 18.1. The molecule has 1 amide bonds. The summed E-state index contributed by atoms with van der Waals surface area (Å²) >= 11 is 6.14. The first-order valence-corrected chi connectivity index (χ1v) is 11.9. The first kappa shape index (κ1) is 19.0. The molecule has 160 valence electrons. The molecule has 0 unspecified atom stereocenters. The highest BCUT2D eigenvalue weighted by atomic mass is 35.5. The molecule has 6 heteroatoms. The number of hydrogen-bond acceptors (Lipinski definition) is 3. The highest BCUT2D eigenvalue weighted by molar-refractivity contribution is 6.31. The maximum atomic E-state index is 13.2. The number of halogens is 1. The van der Waals surface area contributed by atoms with E-state index in [1.54, 1.807) is 22.8 Å². The predicted molar refractivity (Wildman–Crippen MR) is 116 cm³/mol. The number of likely N-dealkylation sites (tertiary alicyclic amines) is 1. The van der Waals surface area contributed by atoms with Crippen LogP contribution < -0.4 is 5.76 Å². The van der Waals surface area contributed by atoms with E-state index in [1.165, 1.54) is 38.5 Å². The van der Waals surface area contributed by atoms with Crippen molar-refractivity contribution in [1.82, 2.24) is 9.47 Å². The van der Waals surface area contributed by atoms with Gasteiger partial charge in [-0.3, -0.25) is 9.36 Å². The van der Waals surface area contributed by atoms with E-state index in [0.717, 1.165) is 55.6 Å². The summed E-state index contributed by atoms with van der Waals surface area (Å²) in [7, 11) is 0. The molecule has 1 aromatic carbocycles. The Hall–Kier alpha value is -1.75. The van der Waals surface area contributed by atoms with Gasteiger partial charge in [-0.05, 0) is 92.7 Å². The van der Waals surface area contributed by atoms with Crippen LogP contribution in [0.3, 0.4) is 0 Å². The zero-order valence-electron chi connectivity index (χ0n) is 17.3. The summed E-state index contributed by atoms with van der Waals surface area (Å²) in [6.07, 6.45) is 10.4. The molecular weight excluding hydrogens is 400 g/mol. The second-order valence-corrected chi connectivity index (χ2v) is 11.0. The van der Waals surface area contributed by atoms with Crippen LogP contribution in [0.4, 0.5) is 0 Å². The van der Waals surface area contributed by atoms with Gasteiger partial charge in [-0.15, -0.1) is 0 Å². The Balaban J connectivity index is 1.14. The van der Waals surface area contributed by atoms with E-state index in [0.29, 0.717) is 16.5 Å². The van der Waals surface area contributed by atoms with Crippen molar-refractivity contribution in [2.75, 3.05) is 13.1 Å². The van der Waals surface area contributed by atoms with Crippen molar-refractivity contribution < 1.29 is 9.21 Å². The number of carbonyl (C=O) groups is 1. The Morgan fingerprint density at radius 3 is 2.33 bits per heavy atom. The van der Waals surface area contributed by atoms with Crippen molar-refractivity contribution in [2.45, 2.75) is 63.8 Å². The lowest BCUT2D eigenvalue weighted by molar-refractivity contribution is -0.140. The van der Waals surface area contributed by atoms with Gasteiger partial charge in [0.2, 0.25) is 5.91 Å². The second kappa shape index (κ2) is 6.88. The normalized spacial score (nSPS) is 33.5. The number of nitrogens with zero attached hydrogens (tertiary/aromatic N) is 2. The second-order valence-electron chi connectivity index (χ2n) is 10.6. The maximum absolute atomic E-state index is 13.2. The van der Waals surface area contributed by atoms with Crippen LogP contribution in [0.1, 0.15) is 63.8 Å². The van der Waals surface area contributed by atoms with Crippen LogP contribution in [0.15, 0.2) is 27.4 Å². The van der Waals surface area contributed by atoms with E-state index in [9.17, 15) is 9.59 Å². The Bertz CT molecular complexity index is 1010. The molecule has 30 heavy (non-hydrogen) atoms. The van der Waals surface area contributed by atoms with Gasteiger partial charge in [0.1, 0.15) is 0 Å². The number of piperidine rings is 1. The topological polar surface area (TPSA) is 55.5 Å². The molecule has 1 saturated heterocycles. The van der Waals surface area contributed by atoms with Gasteiger partial charge in [-0.2, -0.15) is 0 Å². The largest absolute Gasteiger partial charge is 0.420 e. The van der Waals surface area contributed by atoms with Gasteiger partial charge < -0.3 is 9.32 Å². The van der Waals surface area contributed by atoms with Crippen molar-refractivity contribution in [1.29, 1.82) is 0 Å². The fraction of sp³-hybridized carbons (Fsp3) is 0.667. The molecule has 5 nitrogen and oxygen atoms in total. The fourth-order valence-electron chi connectivity index (χ4n) is 7.67. The van der Waals surface area contributed by atoms with Crippen LogP contribution in [-0.4, -0.2) is 28.5 Å². The van der Waals surface area contributed by atoms with E-state index < -0.39 is 0 Å².